The monoisotopic (exact) mass is 473 g/mol. The summed E-state index contributed by atoms with van der Waals surface area (Å²) in [5.41, 5.74) is 4.92. The van der Waals surface area contributed by atoms with E-state index < -0.39 is 11.6 Å². The lowest BCUT2D eigenvalue weighted by molar-refractivity contribution is 0.0930. The van der Waals surface area contributed by atoms with Gasteiger partial charge in [-0.3, -0.25) is 9.78 Å². The summed E-state index contributed by atoms with van der Waals surface area (Å²) in [5, 5.41) is 6.99. The molecule has 1 fully saturated rings. The standard InChI is InChI=1S/C28H31N3O4/c1-17(2)20-13-24(22-7-6-12-29-25(22)14-20)28(10-11-28)31-26(32)23-15-21(9-8-18(23)3)35-16-19(4)30-27(33)34-5/h6-9,12-15,19H,1,10-11,16H2,2-5H3,(H,30,33)(H,31,32)/t19-/m0/s1. The quantitative estimate of drug-likeness (QED) is 0.474. The van der Waals surface area contributed by atoms with Crippen molar-refractivity contribution in [2.75, 3.05) is 13.7 Å². The van der Waals surface area contributed by atoms with Crippen LogP contribution >= 0.6 is 0 Å². The maximum Gasteiger partial charge on any atom is 0.407 e. The van der Waals surface area contributed by atoms with E-state index in [9.17, 15) is 9.59 Å². The third-order valence-corrected chi connectivity index (χ3v) is 6.34. The van der Waals surface area contributed by atoms with E-state index in [4.69, 9.17) is 4.74 Å². The molecule has 1 aliphatic rings. The van der Waals surface area contributed by atoms with Crippen molar-refractivity contribution in [1.82, 2.24) is 15.6 Å². The first-order valence-electron chi connectivity index (χ1n) is 11.7. The van der Waals surface area contributed by atoms with E-state index >= 15 is 0 Å². The van der Waals surface area contributed by atoms with Crippen LogP contribution in [-0.4, -0.2) is 36.7 Å². The minimum absolute atomic E-state index is 0.149. The number of pyridine rings is 1. The van der Waals surface area contributed by atoms with Crippen molar-refractivity contribution in [3.05, 3.63) is 77.5 Å². The zero-order valence-corrected chi connectivity index (χ0v) is 20.6. The lowest BCUT2D eigenvalue weighted by Crippen LogP contribution is -2.36. The highest BCUT2D eigenvalue weighted by atomic mass is 16.5. The third-order valence-electron chi connectivity index (χ3n) is 6.34. The first kappa shape index (κ1) is 24.3. The molecule has 182 valence electrons. The summed E-state index contributed by atoms with van der Waals surface area (Å²) in [5.74, 6) is 0.409. The Hall–Kier alpha value is -3.87. The Balaban J connectivity index is 1.56. The van der Waals surface area contributed by atoms with Gasteiger partial charge in [-0.25, -0.2) is 4.79 Å². The molecule has 0 bridgehead atoms. The van der Waals surface area contributed by atoms with Crippen LogP contribution in [0.5, 0.6) is 5.75 Å². The second-order valence-corrected chi connectivity index (χ2v) is 9.24. The summed E-state index contributed by atoms with van der Waals surface area (Å²) in [6.07, 6.45) is 2.98. The number of rotatable bonds is 8. The lowest BCUT2D eigenvalue weighted by atomic mass is 9.94. The zero-order chi connectivity index (χ0) is 25.2. The predicted molar refractivity (Wildman–Crippen MR) is 137 cm³/mol. The number of carbonyl (C=O) groups is 2. The number of nitrogens with one attached hydrogen (secondary N) is 2. The fraction of sp³-hybridized carbons (Fsp3) is 0.321. The molecule has 3 aromatic rings. The molecule has 7 nitrogen and oxygen atoms in total. The molecule has 0 spiro atoms. The van der Waals surface area contributed by atoms with Crippen LogP contribution < -0.4 is 15.4 Å². The van der Waals surface area contributed by atoms with E-state index in [1.165, 1.54) is 7.11 Å². The summed E-state index contributed by atoms with van der Waals surface area (Å²) in [6, 6.07) is 13.3. The van der Waals surface area contributed by atoms with E-state index in [1.54, 1.807) is 12.3 Å². The molecule has 0 aliphatic heterocycles. The van der Waals surface area contributed by atoms with Gasteiger partial charge < -0.3 is 20.1 Å². The maximum absolute atomic E-state index is 13.5. The molecule has 1 saturated carbocycles. The molecule has 1 aromatic heterocycles. The number of amides is 2. The molecule has 0 unspecified atom stereocenters. The molecule has 4 rings (SSSR count). The van der Waals surface area contributed by atoms with Crippen LogP contribution in [0.15, 0.2) is 55.2 Å². The van der Waals surface area contributed by atoms with Crippen molar-refractivity contribution in [2.24, 2.45) is 0 Å². The molecule has 35 heavy (non-hydrogen) atoms. The highest BCUT2D eigenvalue weighted by Gasteiger charge is 2.47. The van der Waals surface area contributed by atoms with Crippen molar-refractivity contribution in [1.29, 1.82) is 0 Å². The van der Waals surface area contributed by atoms with E-state index in [-0.39, 0.29) is 18.6 Å². The number of ether oxygens (including phenoxy) is 2. The number of carbonyl (C=O) groups excluding carboxylic acids is 2. The number of nitrogens with zero attached hydrogens (tertiary/aromatic N) is 1. The van der Waals surface area contributed by atoms with Gasteiger partial charge >= 0.3 is 6.09 Å². The fourth-order valence-corrected chi connectivity index (χ4v) is 4.15. The highest BCUT2D eigenvalue weighted by molar-refractivity contribution is 5.97. The average Bonchev–Trinajstić information content (AvgIpc) is 3.62. The minimum atomic E-state index is -0.516. The number of fused-ring (bicyclic) bond motifs is 1. The van der Waals surface area contributed by atoms with Gasteiger partial charge in [0, 0.05) is 17.1 Å². The molecule has 0 radical (unpaired) electrons. The van der Waals surface area contributed by atoms with Crippen LogP contribution in [0, 0.1) is 6.92 Å². The molecule has 2 aromatic carbocycles. The van der Waals surface area contributed by atoms with E-state index in [1.807, 2.05) is 45.0 Å². The molecule has 7 heteroatoms. The number of allylic oxidation sites excluding steroid dienone is 1. The molecule has 1 aliphatic carbocycles. The van der Waals surface area contributed by atoms with E-state index in [0.717, 1.165) is 46.0 Å². The fourth-order valence-electron chi connectivity index (χ4n) is 4.15. The van der Waals surface area contributed by atoms with Crippen LogP contribution in [0.3, 0.4) is 0 Å². The molecule has 2 amide bonds. The SMILES string of the molecule is C=C(C)c1cc(C2(NC(=O)c3cc(OC[C@H](C)NC(=O)OC)ccc3C)CC2)c2cccnc2c1. The Morgan fingerprint density at radius 2 is 1.97 bits per heavy atom. The second-order valence-electron chi connectivity index (χ2n) is 9.24. The molecular formula is C28H31N3O4. The number of benzene rings is 2. The van der Waals surface area contributed by atoms with Crippen LogP contribution in [-0.2, 0) is 10.3 Å². The van der Waals surface area contributed by atoms with Gasteiger partial charge in [-0.05, 0) is 80.6 Å². The normalized spacial score (nSPS) is 14.6. The van der Waals surface area contributed by atoms with Crippen molar-refractivity contribution in [3.63, 3.8) is 0 Å². The Labute approximate surface area is 205 Å². The van der Waals surface area contributed by atoms with Gasteiger partial charge in [-0.2, -0.15) is 0 Å². The zero-order valence-electron chi connectivity index (χ0n) is 20.6. The van der Waals surface area contributed by atoms with Gasteiger partial charge in [0.1, 0.15) is 12.4 Å². The van der Waals surface area contributed by atoms with Gasteiger partial charge in [0.05, 0.1) is 24.2 Å². The van der Waals surface area contributed by atoms with Crippen molar-refractivity contribution < 1.29 is 19.1 Å². The molecule has 1 atom stereocenters. The molecular weight excluding hydrogens is 442 g/mol. The van der Waals surface area contributed by atoms with Crippen LogP contribution in [0.1, 0.15) is 53.7 Å². The van der Waals surface area contributed by atoms with E-state index in [2.05, 4.69) is 39.1 Å². The largest absolute Gasteiger partial charge is 0.491 e. The minimum Gasteiger partial charge on any atom is -0.491 e. The van der Waals surface area contributed by atoms with Crippen molar-refractivity contribution >= 4 is 28.5 Å². The van der Waals surface area contributed by atoms with Gasteiger partial charge in [0.25, 0.3) is 5.91 Å². The Bertz CT molecular complexity index is 1300. The smallest absolute Gasteiger partial charge is 0.407 e. The summed E-state index contributed by atoms with van der Waals surface area (Å²) in [7, 11) is 1.31. The topological polar surface area (TPSA) is 89.6 Å². The van der Waals surface area contributed by atoms with Gasteiger partial charge in [0.15, 0.2) is 0 Å². The number of hydrogen-bond acceptors (Lipinski definition) is 5. The Morgan fingerprint density at radius 1 is 1.20 bits per heavy atom. The maximum atomic E-state index is 13.5. The summed E-state index contributed by atoms with van der Waals surface area (Å²) >= 11 is 0. The number of alkyl carbamates (subject to hydrolysis) is 1. The lowest BCUT2D eigenvalue weighted by Gasteiger charge is -2.22. The summed E-state index contributed by atoms with van der Waals surface area (Å²) in [4.78, 5) is 29.4. The predicted octanol–water partition coefficient (Wildman–Crippen LogP) is 5.12. The highest BCUT2D eigenvalue weighted by Crippen LogP contribution is 2.48. The van der Waals surface area contributed by atoms with Crippen LogP contribution in [0.4, 0.5) is 4.79 Å². The number of methoxy groups -OCH3 is 1. The number of hydrogen-bond donors (Lipinski definition) is 2. The molecule has 0 saturated heterocycles. The Kier molecular flexibility index (Phi) is 6.78. The number of aromatic nitrogens is 1. The van der Waals surface area contributed by atoms with Crippen LogP contribution in [0.2, 0.25) is 0 Å². The van der Waals surface area contributed by atoms with Gasteiger partial charge in [-0.15, -0.1) is 0 Å². The Morgan fingerprint density at radius 3 is 2.66 bits per heavy atom. The average molecular weight is 474 g/mol. The first-order valence-corrected chi connectivity index (χ1v) is 11.7. The van der Waals surface area contributed by atoms with Gasteiger partial charge in [0.2, 0.25) is 0 Å². The summed E-state index contributed by atoms with van der Waals surface area (Å²) in [6.45, 7) is 10.0. The third kappa shape index (κ3) is 5.29. The van der Waals surface area contributed by atoms with Crippen molar-refractivity contribution in [3.8, 4) is 5.75 Å². The van der Waals surface area contributed by atoms with Crippen molar-refractivity contribution in [2.45, 2.75) is 45.2 Å². The molecule has 2 N–H and O–H groups in total. The van der Waals surface area contributed by atoms with Crippen LogP contribution in [0.25, 0.3) is 16.5 Å². The second kappa shape index (κ2) is 9.78. The molecule has 1 heterocycles. The number of aryl methyl sites for hydroxylation is 1. The first-order chi connectivity index (χ1) is 16.7. The van der Waals surface area contributed by atoms with Gasteiger partial charge in [-0.1, -0.05) is 24.3 Å². The van der Waals surface area contributed by atoms with E-state index in [0.29, 0.717) is 11.3 Å². The summed E-state index contributed by atoms with van der Waals surface area (Å²) < 4.78 is 10.4.